The third kappa shape index (κ3) is 2.85. The standard InChI is InChI=1S/C18H15FO4S/c1-18(2)17(20)15(12-4-3-5-13(19)10-12)16(23-18)11-6-8-14(9-7-11)24(21)22/h3-10,24H,1-2H3. The minimum absolute atomic E-state index is 0.172. The summed E-state index contributed by atoms with van der Waals surface area (Å²) in [6, 6.07) is 11.8. The summed E-state index contributed by atoms with van der Waals surface area (Å²) in [7, 11) is -2.68. The average molecular weight is 346 g/mol. The molecule has 1 aliphatic heterocycles. The average Bonchev–Trinajstić information content (AvgIpc) is 2.78. The molecule has 2 aromatic carbocycles. The van der Waals surface area contributed by atoms with Crippen LogP contribution in [0.2, 0.25) is 0 Å². The van der Waals surface area contributed by atoms with Gasteiger partial charge in [0.1, 0.15) is 11.6 Å². The van der Waals surface area contributed by atoms with Crippen molar-refractivity contribution in [2.75, 3.05) is 0 Å². The van der Waals surface area contributed by atoms with Gasteiger partial charge in [0.25, 0.3) is 0 Å². The number of carbonyl (C=O) groups is 1. The van der Waals surface area contributed by atoms with E-state index in [0.29, 0.717) is 22.5 Å². The number of hydrogen-bond donors (Lipinski definition) is 1. The van der Waals surface area contributed by atoms with Gasteiger partial charge in [-0.15, -0.1) is 0 Å². The first kappa shape index (κ1) is 16.4. The van der Waals surface area contributed by atoms with E-state index in [9.17, 15) is 17.6 Å². The molecule has 3 rings (SSSR count). The second kappa shape index (κ2) is 5.87. The Kier molecular flexibility index (Phi) is 4.01. The Hall–Kier alpha value is -2.47. The van der Waals surface area contributed by atoms with Gasteiger partial charge in [0, 0.05) is 5.56 Å². The zero-order valence-electron chi connectivity index (χ0n) is 13.1. The van der Waals surface area contributed by atoms with E-state index in [-0.39, 0.29) is 10.7 Å². The number of thiol groups is 1. The van der Waals surface area contributed by atoms with Gasteiger partial charge in [-0.3, -0.25) is 4.79 Å². The molecule has 0 amide bonds. The summed E-state index contributed by atoms with van der Waals surface area (Å²) in [4.78, 5) is 12.9. The minimum atomic E-state index is -2.68. The van der Waals surface area contributed by atoms with Crippen LogP contribution in [0.1, 0.15) is 25.0 Å². The summed E-state index contributed by atoms with van der Waals surface area (Å²) < 4.78 is 41.4. The minimum Gasteiger partial charge on any atom is -0.478 e. The fourth-order valence-electron chi connectivity index (χ4n) is 2.60. The smallest absolute Gasteiger partial charge is 0.210 e. The second-order valence-corrected chi connectivity index (χ2v) is 6.99. The monoisotopic (exact) mass is 346 g/mol. The van der Waals surface area contributed by atoms with E-state index >= 15 is 0 Å². The number of hydrogen-bond acceptors (Lipinski definition) is 4. The summed E-state index contributed by atoms with van der Waals surface area (Å²) in [5.41, 5.74) is 0.214. The van der Waals surface area contributed by atoms with Crippen LogP contribution < -0.4 is 0 Å². The molecule has 0 N–H and O–H groups in total. The Balaban J connectivity index is 2.18. The fourth-order valence-corrected chi connectivity index (χ4v) is 2.99. The van der Waals surface area contributed by atoms with E-state index in [1.165, 1.54) is 30.3 Å². The summed E-state index contributed by atoms with van der Waals surface area (Å²) in [5, 5.41) is 0. The zero-order valence-corrected chi connectivity index (χ0v) is 14.0. The van der Waals surface area contributed by atoms with Gasteiger partial charge in [-0.25, -0.2) is 12.8 Å². The maximum Gasteiger partial charge on any atom is 0.210 e. The molecule has 124 valence electrons. The molecule has 2 aromatic rings. The molecule has 1 heterocycles. The largest absolute Gasteiger partial charge is 0.478 e. The van der Waals surface area contributed by atoms with Gasteiger partial charge in [0.15, 0.2) is 16.3 Å². The van der Waals surface area contributed by atoms with Gasteiger partial charge in [-0.05, 0) is 55.8 Å². The van der Waals surface area contributed by atoms with E-state index < -0.39 is 22.1 Å². The van der Waals surface area contributed by atoms with Gasteiger partial charge in [0.05, 0.1) is 10.5 Å². The van der Waals surface area contributed by atoms with Gasteiger partial charge >= 0.3 is 0 Å². The van der Waals surface area contributed by atoms with Crippen molar-refractivity contribution in [3.63, 3.8) is 0 Å². The molecule has 1 aliphatic rings. The normalized spacial score (nSPS) is 16.6. The summed E-state index contributed by atoms with van der Waals surface area (Å²) >= 11 is 0. The van der Waals surface area contributed by atoms with Crippen LogP contribution in [-0.4, -0.2) is 19.8 Å². The third-order valence-electron chi connectivity index (χ3n) is 3.81. The lowest BCUT2D eigenvalue weighted by atomic mass is 9.92. The first-order valence-corrected chi connectivity index (χ1v) is 8.46. The van der Waals surface area contributed by atoms with Crippen LogP contribution >= 0.6 is 0 Å². The van der Waals surface area contributed by atoms with Crippen molar-refractivity contribution < 1.29 is 22.3 Å². The number of rotatable bonds is 3. The first-order chi connectivity index (χ1) is 11.3. The summed E-state index contributed by atoms with van der Waals surface area (Å²) in [6.07, 6.45) is 0. The molecule has 0 fully saturated rings. The molecule has 0 aromatic heterocycles. The molecular formula is C18H15FO4S. The lowest BCUT2D eigenvalue weighted by Gasteiger charge is -2.17. The van der Waals surface area contributed by atoms with Gasteiger partial charge < -0.3 is 4.74 Å². The van der Waals surface area contributed by atoms with E-state index in [2.05, 4.69) is 0 Å². The van der Waals surface area contributed by atoms with Crippen LogP contribution in [0.5, 0.6) is 0 Å². The van der Waals surface area contributed by atoms with E-state index in [1.807, 2.05) is 0 Å². The van der Waals surface area contributed by atoms with Crippen molar-refractivity contribution in [2.45, 2.75) is 24.3 Å². The van der Waals surface area contributed by atoms with Crippen LogP contribution in [0.4, 0.5) is 4.39 Å². The Bertz CT molecular complexity index is 916. The molecule has 0 bridgehead atoms. The summed E-state index contributed by atoms with van der Waals surface area (Å²) in [5.74, 6) is -0.374. The van der Waals surface area contributed by atoms with Gasteiger partial charge in [0.2, 0.25) is 5.78 Å². The molecule has 0 atom stereocenters. The molecule has 4 nitrogen and oxygen atoms in total. The molecule has 0 unspecified atom stereocenters. The van der Waals surface area contributed by atoms with Gasteiger partial charge in [-0.1, -0.05) is 12.1 Å². The number of carbonyl (C=O) groups excluding carboxylic acids is 1. The van der Waals surface area contributed by atoms with E-state index in [1.54, 1.807) is 32.0 Å². The number of ether oxygens (including phenoxy) is 1. The Labute approximate surface area is 140 Å². The number of benzene rings is 2. The molecule has 0 spiro atoms. The lowest BCUT2D eigenvalue weighted by Crippen LogP contribution is -2.29. The quantitative estimate of drug-likeness (QED) is 0.868. The van der Waals surface area contributed by atoms with Crippen molar-refractivity contribution >= 4 is 27.8 Å². The number of ketones is 1. The second-order valence-electron chi connectivity index (χ2n) is 5.96. The highest BCUT2D eigenvalue weighted by atomic mass is 32.2. The van der Waals surface area contributed by atoms with Gasteiger partial charge in [-0.2, -0.15) is 0 Å². The predicted octanol–water partition coefficient (Wildman–Crippen LogP) is 3.04. The van der Waals surface area contributed by atoms with Crippen LogP contribution in [0.15, 0.2) is 53.4 Å². The van der Waals surface area contributed by atoms with Crippen molar-refractivity contribution in [3.05, 3.63) is 65.5 Å². The third-order valence-corrected chi connectivity index (χ3v) is 4.53. The van der Waals surface area contributed by atoms with Crippen LogP contribution in [0.25, 0.3) is 11.3 Å². The highest BCUT2D eigenvalue weighted by molar-refractivity contribution is 7.72. The summed E-state index contributed by atoms with van der Waals surface area (Å²) in [6.45, 7) is 3.29. The van der Waals surface area contributed by atoms with Crippen molar-refractivity contribution in [3.8, 4) is 0 Å². The van der Waals surface area contributed by atoms with Crippen molar-refractivity contribution in [1.82, 2.24) is 0 Å². The maximum atomic E-state index is 13.6. The van der Waals surface area contributed by atoms with Crippen LogP contribution in [0.3, 0.4) is 0 Å². The highest BCUT2D eigenvalue weighted by Gasteiger charge is 2.42. The molecular weight excluding hydrogens is 331 g/mol. The highest BCUT2D eigenvalue weighted by Crippen LogP contribution is 2.41. The Morgan fingerprint density at radius 1 is 1.00 bits per heavy atom. The number of halogens is 1. The SMILES string of the molecule is CC1(C)OC(c2ccc([SH](=O)=O)cc2)=C(c2cccc(F)c2)C1=O. The molecule has 0 saturated carbocycles. The maximum absolute atomic E-state index is 13.6. The zero-order chi connectivity index (χ0) is 17.5. The fraction of sp³-hybridized carbons (Fsp3) is 0.167. The first-order valence-electron chi connectivity index (χ1n) is 7.28. The molecule has 6 heteroatoms. The topological polar surface area (TPSA) is 60.4 Å². The molecule has 0 saturated heterocycles. The molecule has 0 radical (unpaired) electrons. The van der Waals surface area contributed by atoms with E-state index in [4.69, 9.17) is 4.74 Å². The van der Waals surface area contributed by atoms with Crippen LogP contribution in [0, 0.1) is 5.82 Å². The lowest BCUT2D eigenvalue weighted by molar-refractivity contribution is -0.125. The molecule has 0 aliphatic carbocycles. The number of Topliss-reactive ketones (excluding diaryl/α,β-unsaturated/α-hetero) is 1. The molecule has 24 heavy (non-hydrogen) atoms. The Morgan fingerprint density at radius 2 is 1.67 bits per heavy atom. The van der Waals surface area contributed by atoms with Crippen molar-refractivity contribution in [2.24, 2.45) is 0 Å². The van der Waals surface area contributed by atoms with E-state index in [0.717, 1.165) is 0 Å². The predicted molar refractivity (Wildman–Crippen MR) is 88.4 cm³/mol. The van der Waals surface area contributed by atoms with Crippen LogP contribution in [-0.2, 0) is 20.2 Å². The van der Waals surface area contributed by atoms with Crippen molar-refractivity contribution in [1.29, 1.82) is 0 Å². The Morgan fingerprint density at radius 3 is 2.25 bits per heavy atom.